The molecule has 1 aromatic carbocycles. The molecule has 0 spiro atoms. The van der Waals surface area contributed by atoms with Gasteiger partial charge in [0.1, 0.15) is 0 Å². The number of hydrogen-bond donors (Lipinski definition) is 0. The van der Waals surface area contributed by atoms with Crippen LogP contribution in [0.3, 0.4) is 0 Å². The highest BCUT2D eigenvalue weighted by Gasteiger charge is 2.22. The zero-order chi connectivity index (χ0) is 17.8. The zero-order valence-corrected chi connectivity index (χ0v) is 16.2. The number of amides is 1. The van der Waals surface area contributed by atoms with Crippen LogP contribution in [0.2, 0.25) is 0 Å². The lowest BCUT2D eigenvalue weighted by Gasteiger charge is -2.31. The minimum Gasteiger partial charge on any atom is -0.342 e. The Bertz CT molecular complexity index is 734. The second kappa shape index (κ2) is 8.09. The molecule has 3 rings (SSSR count). The molecule has 1 aromatic heterocycles. The maximum absolute atomic E-state index is 12.6. The molecule has 1 heterocycles. The van der Waals surface area contributed by atoms with Crippen molar-refractivity contribution in [1.82, 2.24) is 14.5 Å². The maximum atomic E-state index is 12.6. The predicted octanol–water partition coefficient (Wildman–Crippen LogP) is 4.37. The van der Waals surface area contributed by atoms with Gasteiger partial charge in [0, 0.05) is 25.5 Å². The first-order valence-electron chi connectivity index (χ1n) is 9.06. The van der Waals surface area contributed by atoms with Crippen molar-refractivity contribution in [3.63, 3.8) is 0 Å². The lowest BCUT2D eigenvalue weighted by molar-refractivity contribution is -0.129. The predicted molar refractivity (Wildman–Crippen MR) is 103 cm³/mol. The Balaban J connectivity index is 1.67. The van der Waals surface area contributed by atoms with Crippen LogP contribution in [0.15, 0.2) is 35.7 Å². The van der Waals surface area contributed by atoms with Crippen LogP contribution >= 0.6 is 11.8 Å². The van der Waals surface area contributed by atoms with Crippen molar-refractivity contribution in [1.29, 1.82) is 0 Å². The van der Waals surface area contributed by atoms with Crippen LogP contribution in [0.4, 0.5) is 0 Å². The van der Waals surface area contributed by atoms with E-state index in [0.29, 0.717) is 11.8 Å². The van der Waals surface area contributed by atoms with E-state index < -0.39 is 0 Å². The van der Waals surface area contributed by atoms with Crippen molar-refractivity contribution < 1.29 is 4.79 Å². The summed E-state index contributed by atoms with van der Waals surface area (Å²) in [5.74, 6) is 0.641. The Labute approximate surface area is 154 Å². The standard InChI is InChI=1S/C20H27N3OS/c1-15-8-7-11-18(16(15)2)23-13-12-21-20(23)25-14-19(24)22(3)17-9-5-4-6-10-17/h7-8,11-13,17H,4-6,9-10,14H2,1-3H3. The lowest BCUT2D eigenvalue weighted by atomic mass is 9.94. The average molecular weight is 358 g/mol. The van der Waals surface area contributed by atoms with Crippen molar-refractivity contribution in [2.45, 2.75) is 57.1 Å². The number of carbonyl (C=O) groups excluding carboxylic acids is 1. The average Bonchev–Trinajstić information content (AvgIpc) is 3.10. The molecule has 0 unspecified atom stereocenters. The number of imidazole rings is 1. The molecule has 1 aliphatic carbocycles. The van der Waals surface area contributed by atoms with Gasteiger partial charge in [-0.2, -0.15) is 0 Å². The van der Waals surface area contributed by atoms with E-state index in [1.807, 2.05) is 18.1 Å². The van der Waals surface area contributed by atoms with Gasteiger partial charge in [-0.15, -0.1) is 0 Å². The summed E-state index contributed by atoms with van der Waals surface area (Å²) in [5, 5.41) is 0.874. The molecule has 1 aliphatic rings. The van der Waals surface area contributed by atoms with E-state index in [-0.39, 0.29) is 5.91 Å². The van der Waals surface area contributed by atoms with Crippen molar-refractivity contribution in [3.05, 3.63) is 41.7 Å². The van der Waals surface area contributed by atoms with Crippen LogP contribution in [0.5, 0.6) is 0 Å². The van der Waals surface area contributed by atoms with Gasteiger partial charge in [0.15, 0.2) is 5.16 Å². The molecule has 1 saturated carbocycles. The number of carbonyl (C=O) groups is 1. The summed E-state index contributed by atoms with van der Waals surface area (Å²) >= 11 is 1.52. The molecule has 134 valence electrons. The molecular formula is C20H27N3OS. The second-order valence-electron chi connectivity index (χ2n) is 6.88. The van der Waals surface area contributed by atoms with Crippen LogP contribution in [0.1, 0.15) is 43.2 Å². The van der Waals surface area contributed by atoms with Crippen molar-refractivity contribution in [2.75, 3.05) is 12.8 Å². The molecule has 25 heavy (non-hydrogen) atoms. The molecule has 0 saturated heterocycles. The molecule has 1 fully saturated rings. The molecule has 0 radical (unpaired) electrons. The van der Waals surface area contributed by atoms with E-state index in [2.05, 4.69) is 41.6 Å². The molecule has 0 atom stereocenters. The fraction of sp³-hybridized carbons (Fsp3) is 0.500. The Morgan fingerprint density at radius 2 is 2.04 bits per heavy atom. The van der Waals surface area contributed by atoms with E-state index in [1.54, 1.807) is 6.20 Å². The number of hydrogen-bond acceptors (Lipinski definition) is 3. The van der Waals surface area contributed by atoms with Gasteiger partial charge >= 0.3 is 0 Å². The van der Waals surface area contributed by atoms with Gasteiger partial charge in [0.25, 0.3) is 0 Å². The minimum atomic E-state index is 0.201. The summed E-state index contributed by atoms with van der Waals surface area (Å²) in [6.07, 6.45) is 9.85. The lowest BCUT2D eigenvalue weighted by Crippen LogP contribution is -2.39. The third kappa shape index (κ3) is 4.09. The summed E-state index contributed by atoms with van der Waals surface area (Å²) in [7, 11) is 1.95. The maximum Gasteiger partial charge on any atom is 0.233 e. The number of aromatic nitrogens is 2. The third-order valence-electron chi connectivity index (χ3n) is 5.28. The smallest absolute Gasteiger partial charge is 0.233 e. The summed E-state index contributed by atoms with van der Waals surface area (Å²) in [5.41, 5.74) is 3.64. The highest BCUT2D eigenvalue weighted by molar-refractivity contribution is 7.99. The summed E-state index contributed by atoms with van der Waals surface area (Å²) in [4.78, 5) is 19.0. The number of rotatable bonds is 5. The fourth-order valence-corrected chi connectivity index (χ4v) is 4.37. The molecule has 4 nitrogen and oxygen atoms in total. The number of aryl methyl sites for hydroxylation is 1. The Hall–Kier alpha value is -1.75. The summed E-state index contributed by atoms with van der Waals surface area (Å²) in [6, 6.07) is 6.70. The SMILES string of the molecule is Cc1cccc(-n2ccnc2SCC(=O)N(C)C2CCCCC2)c1C. The quantitative estimate of drug-likeness (QED) is 0.746. The van der Waals surface area contributed by atoms with E-state index in [9.17, 15) is 4.79 Å². The molecule has 0 bridgehead atoms. The van der Waals surface area contributed by atoms with Gasteiger partial charge in [-0.3, -0.25) is 9.36 Å². The Kier molecular flexibility index (Phi) is 5.84. The van der Waals surface area contributed by atoms with Crippen molar-refractivity contribution in [2.24, 2.45) is 0 Å². The van der Waals surface area contributed by atoms with Crippen LogP contribution in [0.25, 0.3) is 5.69 Å². The number of benzene rings is 1. The van der Waals surface area contributed by atoms with Crippen molar-refractivity contribution in [3.8, 4) is 5.69 Å². The van der Waals surface area contributed by atoms with E-state index >= 15 is 0 Å². The van der Waals surface area contributed by atoms with Gasteiger partial charge in [0.05, 0.1) is 11.4 Å². The van der Waals surface area contributed by atoms with Gasteiger partial charge in [0.2, 0.25) is 5.91 Å². The number of nitrogens with zero attached hydrogens (tertiary/aromatic N) is 3. The third-order valence-corrected chi connectivity index (χ3v) is 6.23. The van der Waals surface area contributed by atoms with E-state index in [4.69, 9.17) is 0 Å². The Morgan fingerprint density at radius 3 is 2.80 bits per heavy atom. The Morgan fingerprint density at radius 1 is 1.28 bits per heavy atom. The van der Waals surface area contributed by atoms with E-state index in [1.165, 1.54) is 42.2 Å². The largest absolute Gasteiger partial charge is 0.342 e. The first-order valence-corrected chi connectivity index (χ1v) is 10.0. The van der Waals surface area contributed by atoms with Gasteiger partial charge < -0.3 is 4.90 Å². The molecule has 0 aliphatic heterocycles. The molecule has 5 heteroatoms. The second-order valence-corrected chi connectivity index (χ2v) is 7.83. The van der Waals surface area contributed by atoms with Gasteiger partial charge in [-0.05, 0) is 43.9 Å². The molecule has 1 amide bonds. The molecule has 2 aromatic rings. The highest BCUT2D eigenvalue weighted by atomic mass is 32.2. The summed E-state index contributed by atoms with van der Waals surface area (Å²) < 4.78 is 2.08. The van der Waals surface area contributed by atoms with Crippen LogP contribution < -0.4 is 0 Å². The first kappa shape index (κ1) is 18.1. The van der Waals surface area contributed by atoms with Crippen molar-refractivity contribution >= 4 is 17.7 Å². The first-order chi connectivity index (χ1) is 12.1. The number of thioether (sulfide) groups is 1. The minimum absolute atomic E-state index is 0.201. The normalized spacial score (nSPS) is 15.3. The van der Waals surface area contributed by atoms with E-state index in [0.717, 1.165) is 23.7 Å². The van der Waals surface area contributed by atoms with Gasteiger partial charge in [-0.1, -0.05) is 43.2 Å². The molecular weight excluding hydrogens is 330 g/mol. The van der Waals surface area contributed by atoms with Crippen LogP contribution in [-0.2, 0) is 4.79 Å². The zero-order valence-electron chi connectivity index (χ0n) is 15.4. The van der Waals surface area contributed by atoms with Crippen LogP contribution in [0, 0.1) is 13.8 Å². The summed E-state index contributed by atoms with van der Waals surface area (Å²) in [6.45, 7) is 4.24. The monoisotopic (exact) mass is 357 g/mol. The van der Waals surface area contributed by atoms with Crippen LogP contribution in [-0.4, -0.2) is 39.2 Å². The fourth-order valence-electron chi connectivity index (χ4n) is 3.48. The molecule has 0 N–H and O–H groups in total. The van der Waals surface area contributed by atoms with Gasteiger partial charge in [-0.25, -0.2) is 4.98 Å². The highest BCUT2D eigenvalue weighted by Crippen LogP contribution is 2.26. The topological polar surface area (TPSA) is 38.1 Å².